The third-order valence-electron chi connectivity index (χ3n) is 2.71. The van der Waals surface area contributed by atoms with Crippen LogP contribution in [-0.2, 0) is 4.79 Å². The predicted molar refractivity (Wildman–Crippen MR) is 48.5 cm³/mol. The standard InChI is InChI=1S/C8H15NOS/c1-4-8(5-2)6(10)9-7(8)11-3/h7H,4-5H2,1-3H3,(H,9,10). The molecule has 3 heteroatoms. The van der Waals surface area contributed by atoms with Crippen LogP contribution in [0, 0.1) is 5.41 Å². The second kappa shape index (κ2) is 3.05. The molecule has 1 saturated heterocycles. The molecule has 2 nitrogen and oxygen atoms in total. The molecule has 0 radical (unpaired) electrons. The van der Waals surface area contributed by atoms with Crippen LogP contribution in [0.5, 0.6) is 0 Å². The summed E-state index contributed by atoms with van der Waals surface area (Å²) in [7, 11) is 0. The number of hydrogen-bond donors (Lipinski definition) is 1. The third kappa shape index (κ3) is 1.06. The Morgan fingerprint density at radius 3 is 2.27 bits per heavy atom. The lowest BCUT2D eigenvalue weighted by molar-refractivity contribution is -0.142. The van der Waals surface area contributed by atoms with Crippen molar-refractivity contribution in [3.63, 3.8) is 0 Å². The van der Waals surface area contributed by atoms with Gasteiger partial charge in [0.15, 0.2) is 0 Å². The number of carbonyl (C=O) groups is 1. The molecule has 0 saturated carbocycles. The van der Waals surface area contributed by atoms with Crippen molar-refractivity contribution in [1.29, 1.82) is 0 Å². The van der Waals surface area contributed by atoms with E-state index >= 15 is 0 Å². The SMILES string of the molecule is CCC1(CC)C(=O)NC1SC. The molecular formula is C8H15NOS. The van der Waals surface area contributed by atoms with Gasteiger partial charge in [0, 0.05) is 0 Å². The zero-order valence-corrected chi connectivity index (χ0v) is 8.12. The molecule has 0 spiro atoms. The number of β-lactam (4-membered cyclic amide) rings is 1. The van der Waals surface area contributed by atoms with Gasteiger partial charge in [0.2, 0.25) is 5.91 Å². The highest BCUT2D eigenvalue weighted by molar-refractivity contribution is 7.99. The van der Waals surface area contributed by atoms with Gasteiger partial charge in [-0.3, -0.25) is 4.79 Å². The first kappa shape index (κ1) is 8.91. The first-order valence-corrected chi connectivity index (χ1v) is 5.33. The van der Waals surface area contributed by atoms with Crippen LogP contribution in [-0.4, -0.2) is 17.5 Å². The van der Waals surface area contributed by atoms with Crippen molar-refractivity contribution in [3.05, 3.63) is 0 Å². The molecule has 1 rings (SSSR count). The Morgan fingerprint density at radius 2 is 2.09 bits per heavy atom. The maximum absolute atomic E-state index is 11.3. The summed E-state index contributed by atoms with van der Waals surface area (Å²) >= 11 is 1.74. The Morgan fingerprint density at radius 1 is 1.55 bits per heavy atom. The second-order valence-corrected chi connectivity index (χ2v) is 3.90. The maximum atomic E-state index is 11.3. The van der Waals surface area contributed by atoms with E-state index in [-0.39, 0.29) is 11.3 Å². The molecule has 1 N–H and O–H groups in total. The van der Waals surface area contributed by atoms with E-state index in [0.29, 0.717) is 5.37 Å². The minimum atomic E-state index is -0.0561. The Kier molecular flexibility index (Phi) is 2.47. The summed E-state index contributed by atoms with van der Waals surface area (Å²) in [5.41, 5.74) is -0.0561. The summed E-state index contributed by atoms with van der Waals surface area (Å²) in [6.45, 7) is 4.18. The lowest BCUT2D eigenvalue weighted by Gasteiger charge is -2.47. The van der Waals surface area contributed by atoms with Crippen LogP contribution < -0.4 is 5.32 Å². The Labute approximate surface area is 72.1 Å². The first-order chi connectivity index (χ1) is 5.21. The average molecular weight is 173 g/mol. The van der Waals surface area contributed by atoms with Crippen LogP contribution in [0.15, 0.2) is 0 Å². The van der Waals surface area contributed by atoms with Crippen molar-refractivity contribution in [2.24, 2.45) is 5.41 Å². The molecule has 0 aromatic rings. The lowest BCUT2D eigenvalue weighted by atomic mass is 9.75. The molecule has 0 bridgehead atoms. The van der Waals surface area contributed by atoms with E-state index in [4.69, 9.17) is 0 Å². The summed E-state index contributed by atoms with van der Waals surface area (Å²) in [6.07, 6.45) is 3.96. The van der Waals surface area contributed by atoms with E-state index in [9.17, 15) is 4.79 Å². The molecule has 0 aromatic carbocycles. The Balaban J connectivity index is 2.70. The van der Waals surface area contributed by atoms with E-state index in [1.807, 2.05) is 6.26 Å². The van der Waals surface area contributed by atoms with E-state index in [2.05, 4.69) is 19.2 Å². The fourth-order valence-electron chi connectivity index (χ4n) is 1.67. The largest absolute Gasteiger partial charge is 0.343 e. The van der Waals surface area contributed by atoms with E-state index in [1.165, 1.54) is 0 Å². The highest BCUT2D eigenvalue weighted by Crippen LogP contribution is 2.42. The number of hydrogen-bond acceptors (Lipinski definition) is 2. The van der Waals surface area contributed by atoms with Crippen molar-refractivity contribution >= 4 is 17.7 Å². The summed E-state index contributed by atoms with van der Waals surface area (Å²) in [5.74, 6) is 0.238. The van der Waals surface area contributed by atoms with Gasteiger partial charge in [0.25, 0.3) is 0 Å². The number of carbonyl (C=O) groups excluding carboxylic acids is 1. The smallest absolute Gasteiger partial charge is 0.230 e. The van der Waals surface area contributed by atoms with Crippen LogP contribution in [0.3, 0.4) is 0 Å². The average Bonchev–Trinajstić information content (AvgIpc) is 2.02. The number of thioether (sulfide) groups is 1. The summed E-state index contributed by atoms with van der Waals surface area (Å²) in [6, 6.07) is 0. The van der Waals surface area contributed by atoms with Crippen LogP contribution in [0.1, 0.15) is 26.7 Å². The van der Waals surface area contributed by atoms with E-state index in [0.717, 1.165) is 12.8 Å². The maximum Gasteiger partial charge on any atom is 0.230 e. The van der Waals surface area contributed by atoms with Crippen LogP contribution >= 0.6 is 11.8 Å². The van der Waals surface area contributed by atoms with Gasteiger partial charge in [0.05, 0.1) is 10.8 Å². The molecule has 1 aliphatic rings. The van der Waals surface area contributed by atoms with Crippen molar-refractivity contribution < 1.29 is 4.79 Å². The zero-order chi connectivity index (χ0) is 8.48. The molecule has 1 atom stereocenters. The third-order valence-corrected chi connectivity index (χ3v) is 3.75. The normalized spacial score (nSPS) is 27.5. The zero-order valence-electron chi connectivity index (χ0n) is 7.31. The molecule has 1 unspecified atom stereocenters. The quantitative estimate of drug-likeness (QED) is 0.657. The molecule has 0 aliphatic carbocycles. The molecule has 1 heterocycles. The highest BCUT2D eigenvalue weighted by atomic mass is 32.2. The predicted octanol–water partition coefficient (Wildman–Crippen LogP) is 1.61. The fourth-order valence-corrected chi connectivity index (χ4v) is 2.79. The first-order valence-electron chi connectivity index (χ1n) is 4.05. The molecule has 64 valence electrons. The summed E-state index contributed by atoms with van der Waals surface area (Å²) in [4.78, 5) is 11.3. The van der Waals surface area contributed by atoms with Gasteiger partial charge in [-0.25, -0.2) is 0 Å². The minimum absolute atomic E-state index is 0.0561. The number of amides is 1. The second-order valence-electron chi connectivity index (χ2n) is 2.95. The molecule has 1 fully saturated rings. The summed E-state index contributed by atoms with van der Waals surface area (Å²) in [5, 5.41) is 3.26. The molecule has 1 amide bonds. The van der Waals surface area contributed by atoms with Gasteiger partial charge in [-0.2, -0.15) is 0 Å². The van der Waals surface area contributed by atoms with Crippen molar-refractivity contribution in [1.82, 2.24) is 5.32 Å². The highest BCUT2D eigenvalue weighted by Gasteiger charge is 2.51. The lowest BCUT2D eigenvalue weighted by Crippen LogP contribution is -2.64. The fraction of sp³-hybridized carbons (Fsp3) is 0.875. The Hall–Kier alpha value is -0.180. The molecule has 1 aliphatic heterocycles. The van der Waals surface area contributed by atoms with Gasteiger partial charge in [-0.15, -0.1) is 11.8 Å². The van der Waals surface area contributed by atoms with Crippen LogP contribution in [0.25, 0.3) is 0 Å². The monoisotopic (exact) mass is 173 g/mol. The van der Waals surface area contributed by atoms with Gasteiger partial charge < -0.3 is 5.32 Å². The van der Waals surface area contributed by atoms with Crippen LogP contribution in [0.2, 0.25) is 0 Å². The van der Waals surface area contributed by atoms with E-state index < -0.39 is 0 Å². The topological polar surface area (TPSA) is 29.1 Å². The number of rotatable bonds is 3. The Bertz CT molecular complexity index is 165. The van der Waals surface area contributed by atoms with Gasteiger partial charge in [0.1, 0.15) is 0 Å². The minimum Gasteiger partial charge on any atom is -0.343 e. The van der Waals surface area contributed by atoms with Gasteiger partial charge in [-0.05, 0) is 19.1 Å². The molecule has 11 heavy (non-hydrogen) atoms. The van der Waals surface area contributed by atoms with Crippen LogP contribution in [0.4, 0.5) is 0 Å². The van der Waals surface area contributed by atoms with Crippen molar-refractivity contribution in [3.8, 4) is 0 Å². The summed E-state index contributed by atoms with van der Waals surface area (Å²) < 4.78 is 0. The van der Waals surface area contributed by atoms with Gasteiger partial charge in [-0.1, -0.05) is 13.8 Å². The van der Waals surface area contributed by atoms with E-state index in [1.54, 1.807) is 11.8 Å². The number of nitrogens with one attached hydrogen (secondary N) is 1. The molecule has 0 aromatic heterocycles. The van der Waals surface area contributed by atoms with Crippen molar-refractivity contribution in [2.75, 3.05) is 6.26 Å². The molecular weight excluding hydrogens is 158 g/mol. The van der Waals surface area contributed by atoms with Gasteiger partial charge >= 0.3 is 0 Å². The van der Waals surface area contributed by atoms with Crippen molar-refractivity contribution in [2.45, 2.75) is 32.1 Å².